The Balaban J connectivity index is 1.98. The molecule has 1 amide bonds. The van der Waals surface area contributed by atoms with Crippen LogP contribution in [-0.2, 0) is 17.5 Å². The van der Waals surface area contributed by atoms with E-state index in [1.165, 1.54) is 18.2 Å². The van der Waals surface area contributed by atoms with Crippen molar-refractivity contribution >= 4 is 11.6 Å². The standard InChI is InChI=1S/C17H17F3N2O/c1-22(11-13-7-3-2-4-8-13)12-16(23)21-15-10-6-5-9-14(15)17(18,19)20/h2-10H,11-12H2,1H3,(H,21,23). The van der Waals surface area contributed by atoms with Crippen LogP contribution in [0.1, 0.15) is 11.1 Å². The number of benzene rings is 2. The van der Waals surface area contributed by atoms with E-state index < -0.39 is 17.6 Å². The average Bonchev–Trinajstić information content (AvgIpc) is 2.47. The molecule has 0 bridgehead atoms. The van der Waals surface area contributed by atoms with Crippen LogP contribution in [0.3, 0.4) is 0 Å². The number of carbonyl (C=O) groups is 1. The number of carbonyl (C=O) groups excluding carboxylic acids is 1. The Bertz CT molecular complexity index is 656. The van der Waals surface area contributed by atoms with Crippen LogP contribution in [-0.4, -0.2) is 24.4 Å². The fourth-order valence-electron chi connectivity index (χ4n) is 2.23. The van der Waals surface area contributed by atoms with Crippen LogP contribution in [0.4, 0.5) is 18.9 Å². The molecular weight excluding hydrogens is 305 g/mol. The van der Waals surface area contributed by atoms with Crippen LogP contribution in [0.5, 0.6) is 0 Å². The minimum absolute atomic E-state index is 0.00108. The lowest BCUT2D eigenvalue weighted by Crippen LogP contribution is -2.30. The van der Waals surface area contributed by atoms with E-state index in [0.717, 1.165) is 11.6 Å². The van der Waals surface area contributed by atoms with E-state index in [4.69, 9.17) is 0 Å². The summed E-state index contributed by atoms with van der Waals surface area (Å²) in [6, 6.07) is 14.5. The lowest BCUT2D eigenvalue weighted by molar-refractivity contribution is -0.137. The summed E-state index contributed by atoms with van der Waals surface area (Å²) in [5, 5.41) is 2.33. The van der Waals surface area contributed by atoms with Crippen LogP contribution in [0, 0.1) is 0 Å². The summed E-state index contributed by atoms with van der Waals surface area (Å²) in [4.78, 5) is 13.7. The monoisotopic (exact) mass is 322 g/mol. The van der Waals surface area contributed by atoms with Gasteiger partial charge in [0.25, 0.3) is 0 Å². The molecule has 0 radical (unpaired) electrons. The number of anilines is 1. The van der Waals surface area contributed by atoms with E-state index in [1.54, 1.807) is 11.9 Å². The summed E-state index contributed by atoms with van der Waals surface area (Å²) < 4.78 is 38.7. The highest BCUT2D eigenvalue weighted by Crippen LogP contribution is 2.34. The van der Waals surface area contributed by atoms with Gasteiger partial charge in [-0.2, -0.15) is 13.2 Å². The number of amides is 1. The lowest BCUT2D eigenvalue weighted by atomic mass is 10.1. The van der Waals surface area contributed by atoms with E-state index in [0.29, 0.717) is 6.54 Å². The third kappa shape index (κ3) is 5.10. The highest BCUT2D eigenvalue weighted by molar-refractivity contribution is 5.93. The van der Waals surface area contributed by atoms with Gasteiger partial charge in [0.05, 0.1) is 17.8 Å². The third-order valence-corrected chi connectivity index (χ3v) is 3.22. The summed E-state index contributed by atoms with van der Waals surface area (Å²) in [6.07, 6.45) is -4.50. The Hall–Kier alpha value is -2.34. The van der Waals surface area contributed by atoms with Crippen LogP contribution >= 0.6 is 0 Å². The zero-order chi connectivity index (χ0) is 16.9. The van der Waals surface area contributed by atoms with Gasteiger partial charge in [0, 0.05) is 6.54 Å². The van der Waals surface area contributed by atoms with Crippen molar-refractivity contribution in [2.45, 2.75) is 12.7 Å². The molecule has 2 aromatic rings. The highest BCUT2D eigenvalue weighted by atomic mass is 19.4. The Kier molecular flexibility index (Phi) is 5.39. The Morgan fingerprint density at radius 2 is 1.65 bits per heavy atom. The molecule has 0 atom stereocenters. The molecule has 0 aliphatic heterocycles. The Morgan fingerprint density at radius 1 is 1.04 bits per heavy atom. The van der Waals surface area contributed by atoms with E-state index in [9.17, 15) is 18.0 Å². The molecular formula is C17H17F3N2O. The van der Waals surface area contributed by atoms with Gasteiger partial charge in [-0.1, -0.05) is 42.5 Å². The van der Waals surface area contributed by atoms with Gasteiger partial charge in [0.2, 0.25) is 5.91 Å². The van der Waals surface area contributed by atoms with Gasteiger partial charge < -0.3 is 5.32 Å². The average molecular weight is 322 g/mol. The number of alkyl halides is 3. The van der Waals surface area contributed by atoms with Crippen molar-refractivity contribution in [2.24, 2.45) is 0 Å². The molecule has 0 aliphatic carbocycles. The summed E-state index contributed by atoms with van der Waals surface area (Å²) in [6.45, 7) is 0.538. The number of hydrogen-bond acceptors (Lipinski definition) is 2. The molecule has 0 unspecified atom stereocenters. The maximum Gasteiger partial charge on any atom is 0.418 e. The third-order valence-electron chi connectivity index (χ3n) is 3.22. The van der Waals surface area contributed by atoms with Gasteiger partial charge >= 0.3 is 6.18 Å². The molecule has 122 valence electrons. The number of rotatable bonds is 5. The molecule has 0 heterocycles. The molecule has 0 saturated heterocycles. The van der Waals surface area contributed by atoms with Crippen LogP contribution in [0.25, 0.3) is 0 Å². The number of nitrogens with zero attached hydrogens (tertiary/aromatic N) is 1. The molecule has 0 saturated carbocycles. The largest absolute Gasteiger partial charge is 0.418 e. The minimum atomic E-state index is -4.50. The van der Waals surface area contributed by atoms with E-state index in [2.05, 4.69) is 5.32 Å². The minimum Gasteiger partial charge on any atom is -0.324 e. The molecule has 2 aromatic carbocycles. The van der Waals surface area contributed by atoms with Crippen LogP contribution < -0.4 is 5.32 Å². The zero-order valence-electron chi connectivity index (χ0n) is 12.6. The second-order valence-corrected chi connectivity index (χ2v) is 5.25. The van der Waals surface area contributed by atoms with E-state index in [-0.39, 0.29) is 12.2 Å². The first kappa shape index (κ1) is 17.0. The van der Waals surface area contributed by atoms with Gasteiger partial charge in [-0.15, -0.1) is 0 Å². The van der Waals surface area contributed by atoms with Crippen LogP contribution in [0.2, 0.25) is 0 Å². The SMILES string of the molecule is CN(CC(=O)Nc1ccccc1C(F)(F)F)Cc1ccccc1. The van der Waals surface area contributed by atoms with Gasteiger partial charge in [-0.25, -0.2) is 0 Å². The smallest absolute Gasteiger partial charge is 0.324 e. The van der Waals surface area contributed by atoms with Crippen molar-refractivity contribution in [1.82, 2.24) is 4.90 Å². The zero-order valence-corrected chi connectivity index (χ0v) is 12.6. The number of para-hydroxylation sites is 1. The number of likely N-dealkylation sites (N-methyl/N-ethyl adjacent to an activating group) is 1. The van der Waals surface area contributed by atoms with Gasteiger partial charge in [0.15, 0.2) is 0 Å². The van der Waals surface area contributed by atoms with Gasteiger partial charge in [-0.3, -0.25) is 9.69 Å². The summed E-state index contributed by atoms with van der Waals surface area (Å²) in [5.41, 5.74) is -0.0457. The molecule has 0 aromatic heterocycles. The first-order chi connectivity index (χ1) is 10.9. The maximum atomic E-state index is 12.9. The number of halogens is 3. The second kappa shape index (κ2) is 7.28. The highest BCUT2D eigenvalue weighted by Gasteiger charge is 2.33. The number of hydrogen-bond donors (Lipinski definition) is 1. The maximum absolute atomic E-state index is 12.9. The lowest BCUT2D eigenvalue weighted by Gasteiger charge is -2.18. The van der Waals surface area contributed by atoms with Crippen LogP contribution in [0.15, 0.2) is 54.6 Å². The van der Waals surface area contributed by atoms with Gasteiger partial charge in [0.1, 0.15) is 0 Å². The Labute approximate surface area is 132 Å². The van der Waals surface area contributed by atoms with E-state index >= 15 is 0 Å². The fraction of sp³-hybridized carbons (Fsp3) is 0.235. The molecule has 0 aliphatic rings. The Morgan fingerprint density at radius 3 is 2.30 bits per heavy atom. The molecule has 0 fully saturated rings. The predicted molar refractivity (Wildman–Crippen MR) is 82.8 cm³/mol. The molecule has 1 N–H and O–H groups in total. The molecule has 3 nitrogen and oxygen atoms in total. The predicted octanol–water partition coefficient (Wildman–Crippen LogP) is 3.78. The first-order valence-corrected chi connectivity index (χ1v) is 7.05. The molecule has 6 heteroatoms. The summed E-state index contributed by atoms with van der Waals surface area (Å²) in [7, 11) is 1.74. The fourth-order valence-corrected chi connectivity index (χ4v) is 2.23. The molecule has 2 rings (SSSR count). The van der Waals surface area contributed by atoms with Crippen molar-refractivity contribution in [3.8, 4) is 0 Å². The van der Waals surface area contributed by atoms with Crippen molar-refractivity contribution < 1.29 is 18.0 Å². The van der Waals surface area contributed by atoms with Crippen molar-refractivity contribution in [2.75, 3.05) is 18.9 Å². The van der Waals surface area contributed by atoms with Crippen molar-refractivity contribution in [3.05, 3.63) is 65.7 Å². The topological polar surface area (TPSA) is 32.3 Å². The summed E-state index contributed by atoms with van der Waals surface area (Å²) >= 11 is 0. The summed E-state index contributed by atoms with van der Waals surface area (Å²) in [5.74, 6) is -0.486. The molecule has 0 spiro atoms. The number of nitrogens with one attached hydrogen (secondary N) is 1. The first-order valence-electron chi connectivity index (χ1n) is 7.05. The van der Waals surface area contributed by atoms with Gasteiger partial charge in [-0.05, 0) is 24.7 Å². The van der Waals surface area contributed by atoms with Crippen molar-refractivity contribution in [3.63, 3.8) is 0 Å². The quantitative estimate of drug-likeness (QED) is 0.909. The normalized spacial score (nSPS) is 11.5. The van der Waals surface area contributed by atoms with Crippen molar-refractivity contribution in [1.29, 1.82) is 0 Å². The molecule has 23 heavy (non-hydrogen) atoms. The van der Waals surface area contributed by atoms with E-state index in [1.807, 2.05) is 30.3 Å². The second-order valence-electron chi connectivity index (χ2n) is 5.25.